The highest BCUT2D eigenvalue weighted by Crippen LogP contribution is 2.37. The van der Waals surface area contributed by atoms with Gasteiger partial charge in [0.2, 0.25) is 0 Å². The molecule has 0 amide bonds. The monoisotopic (exact) mass is 164 g/mol. The molecular formula is C6H13ClOSi. The third-order valence-corrected chi connectivity index (χ3v) is 5.93. The van der Waals surface area contributed by atoms with E-state index in [1.807, 2.05) is 0 Å². The van der Waals surface area contributed by atoms with Crippen molar-refractivity contribution in [3.63, 3.8) is 0 Å². The third kappa shape index (κ3) is 1.16. The summed E-state index contributed by atoms with van der Waals surface area (Å²) in [7, 11) is -1.13. The van der Waals surface area contributed by atoms with Gasteiger partial charge in [-0.15, -0.1) is 11.6 Å². The molecular weight excluding hydrogens is 152 g/mol. The second-order valence-corrected chi connectivity index (χ2v) is 9.35. The lowest BCUT2D eigenvalue weighted by Crippen LogP contribution is -2.43. The Hall–Kier alpha value is 0.467. The van der Waals surface area contributed by atoms with Gasteiger partial charge in [-0.2, -0.15) is 0 Å². The van der Waals surface area contributed by atoms with Gasteiger partial charge in [0, 0.05) is 0 Å². The van der Waals surface area contributed by atoms with E-state index in [9.17, 15) is 0 Å². The van der Waals surface area contributed by atoms with Gasteiger partial charge in [0.15, 0.2) is 0 Å². The molecule has 0 aromatic carbocycles. The summed E-state index contributed by atoms with van der Waals surface area (Å²) in [5.41, 5.74) is 0. The highest BCUT2D eigenvalue weighted by molar-refractivity contribution is 6.80. The van der Waals surface area contributed by atoms with E-state index in [2.05, 4.69) is 19.6 Å². The Labute approximate surface area is 62.4 Å². The molecule has 9 heavy (non-hydrogen) atoms. The molecule has 1 fully saturated rings. The molecule has 54 valence electrons. The topological polar surface area (TPSA) is 12.5 Å². The molecule has 0 N–H and O–H groups in total. The molecule has 1 heterocycles. The zero-order valence-corrected chi connectivity index (χ0v) is 7.96. The fourth-order valence-corrected chi connectivity index (χ4v) is 3.49. The van der Waals surface area contributed by atoms with E-state index >= 15 is 0 Å². The number of hydrogen-bond donors (Lipinski definition) is 0. The van der Waals surface area contributed by atoms with Crippen molar-refractivity contribution < 1.29 is 4.74 Å². The molecule has 0 radical (unpaired) electrons. The van der Waals surface area contributed by atoms with Crippen molar-refractivity contribution in [1.82, 2.24) is 0 Å². The number of hydrogen-bond acceptors (Lipinski definition) is 1. The maximum absolute atomic E-state index is 5.75. The maximum atomic E-state index is 5.75. The van der Waals surface area contributed by atoms with Crippen molar-refractivity contribution in [1.29, 1.82) is 0 Å². The minimum atomic E-state index is -1.13. The van der Waals surface area contributed by atoms with Crippen LogP contribution in [-0.2, 0) is 4.74 Å². The van der Waals surface area contributed by atoms with Gasteiger partial charge in [-0.05, 0) is 0 Å². The molecule has 0 saturated carbocycles. The zero-order valence-electron chi connectivity index (χ0n) is 6.20. The quantitative estimate of drug-likeness (QED) is 0.345. The van der Waals surface area contributed by atoms with E-state index < -0.39 is 8.07 Å². The fraction of sp³-hybridized carbons (Fsp3) is 1.00. The van der Waals surface area contributed by atoms with Gasteiger partial charge in [-0.25, -0.2) is 0 Å². The van der Waals surface area contributed by atoms with Crippen molar-refractivity contribution in [3.05, 3.63) is 0 Å². The second-order valence-electron chi connectivity index (χ2n) is 3.67. The Balaban J connectivity index is 2.60. The SMILES string of the molecule is C[Si](C)(C)C1(CCl)CO1. The van der Waals surface area contributed by atoms with Gasteiger partial charge in [0.1, 0.15) is 0 Å². The summed E-state index contributed by atoms with van der Waals surface area (Å²) in [6.07, 6.45) is 0. The molecule has 1 aliphatic rings. The van der Waals surface area contributed by atoms with E-state index in [0.717, 1.165) is 6.61 Å². The van der Waals surface area contributed by atoms with E-state index in [4.69, 9.17) is 16.3 Å². The first-order valence-electron chi connectivity index (χ1n) is 3.22. The van der Waals surface area contributed by atoms with Crippen LogP contribution < -0.4 is 0 Å². The normalized spacial score (nSPS) is 34.7. The first kappa shape index (κ1) is 7.57. The summed E-state index contributed by atoms with van der Waals surface area (Å²) in [5, 5.41) is 0.133. The maximum Gasteiger partial charge on any atom is 0.0940 e. The minimum absolute atomic E-state index is 0.133. The Morgan fingerprint density at radius 1 is 1.56 bits per heavy atom. The number of alkyl halides is 1. The highest BCUT2D eigenvalue weighted by Gasteiger charge is 2.54. The van der Waals surface area contributed by atoms with Gasteiger partial charge < -0.3 is 4.74 Å². The van der Waals surface area contributed by atoms with E-state index in [1.165, 1.54) is 0 Å². The predicted molar refractivity (Wildman–Crippen MR) is 42.7 cm³/mol. The van der Waals surface area contributed by atoms with Crippen LogP contribution in [0.4, 0.5) is 0 Å². The minimum Gasteiger partial charge on any atom is -0.372 e. The van der Waals surface area contributed by atoms with Crippen molar-refractivity contribution in [2.45, 2.75) is 24.9 Å². The molecule has 0 aliphatic carbocycles. The van der Waals surface area contributed by atoms with Crippen molar-refractivity contribution in [2.75, 3.05) is 12.5 Å². The van der Waals surface area contributed by atoms with E-state index in [0.29, 0.717) is 5.88 Å². The first-order chi connectivity index (χ1) is 4.02. The number of epoxide rings is 1. The van der Waals surface area contributed by atoms with Crippen LogP contribution in [0.3, 0.4) is 0 Å². The number of rotatable bonds is 2. The summed E-state index contributed by atoms with van der Waals surface area (Å²) in [4.78, 5) is 0. The molecule has 0 bridgehead atoms. The molecule has 1 saturated heterocycles. The summed E-state index contributed by atoms with van der Waals surface area (Å²) >= 11 is 5.75. The van der Waals surface area contributed by atoms with Gasteiger partial charge in [-0.1, -0.05) is 19.6 Å². The van der Waals surface area contributed by atoms with Crippen LogP contribution in [0.2, 0.25) is 19.6 Å². The summed E-state index contributed by atoms with van der Waals surface area (Å²) in [6.45, 7) is 7.78. The molecule has 1 unspecified atom stereocenters. The lowest BCUT2D eigenvalue weighted by molar-refractivity contribution is 0.388. The molecule has 1 rings (SSSR count). The van der Waals surface area contributed by atoms with Crippen molar-refractivity contribution in [2.24, 2.45) is 0 Å². The third-order valence-electron chi connectivity index (χ3n) is 2.08. The summed E-state index contributed by atoms with van der Waals surface area (Å²) in [6, 6.07) is 0. The summed E-state index contributed by atoms with van der Waals surface area (Å²) in [5.74, 6) is 0.683. The number of halogens is 1. The van der Waals surface area contributed by atoms with Gasteiger partial charge in [0.25, 0.3) is 0 Å². The van der Waals surface area contributed by atoms with Crippen LogP contribution in [0.25, 0.3) is 0 Å². The standard InChI is InChI=1S/C6H13ClOSi/c1-9(2,3)6(4-7)5-8-6/h4-5H2,1-3H3. The fourth-order valence-electron chi connectivity index (χ4n) is 0.798. The average molecular weight is 165 g/mol. The van der Waals surface area contributed by atoms with Crippen LogP contribution in [0.15, 0.2) is 0 Å². The molecule has 0 aromatic heterocycles. The van der Waals surface area contributed by atoms with Crippen molar-refractivity contribution >= 4 is 19.7 Å². The largest absolute Gasteiger partial charge is 0.372 e. The van der Waals surface area contributed by atoms with Crippen molar-refractivity contribution in [3.8, 4) is 0 Å². The molecule has 1 aliphatic heterocycles. The van der Waals surface area contributed by atoms with Gasteiger partial charge >= 0.3 is 0 Å². The van der Waals surface area contributed by atoms with Crippen LogP contribution >= 0.6 is 11.6 Å². The van der Waals surface area contributed by atoms with Crippen LogP contribution in [-0.4, -0.2) is 25.8 Å². The molecule has 3 heteroatoms. The number of ether oxygens (including phenoxy) is 1. The Bertz CT molecular complexity index is 115. The Kier molecular flexibility index (Phi) is 1.66. The second kappa shape index (κ2) is 1.97. The molecule has 1 atom stereocenters. The van der Waals surface area contributed by atoms with Crippen LogP contribution in [0.1, 0.15) is 0 Å². The van der Waals surface area contributed by atoms with E-state index in [-0.39, 0.29) is 5.22 Å². The predicted octanol–water partition coefficient (Wildman–Crippen LogP) is 1.87. The van der Waals surface area contributed by atoms with Gasteiger partial charge in [-0.3, -0.25) is 0 Å². The van der Waals surface area contributed by atoms with E-state index in [1.54, 1.807) is 0 Å². The lowest BCUT2D eigenvalue weighted by Gasteiger charge is -2.22. The molecule has 1 nitrogen and oxygen atoms in total. The van der Waals surface area contributed by atoms with Crippen LogP contribution in [0, 0.1) is 0 Å². The smallest absolute Gasteiger partial charge is 0.0940 e. The highest BCUT2D eigenvalue weighted by atomic mass is 35.5. The van der Waals surface area contributed by atoms with Crippen LogP contribution in [0.5, 0.6) is 0 Å². The average Bonchev–Trinajstić information content (AvgIpc) is 2.40. The molecule has 0 spiro atoms. The Morgan fingerprint density at radius 2 is 2.00 bits per heavy atom. The molecule has 0 aromatic rings. The van der Waals surface area contributed by atoms with Gasteiger partial charge in [0.05, 0.1) is 25.8 Å². The zero-order chi connectivity index (χ0) is 7.12. The first-order valence-corrected chi connectivity index (χ1v) is 7.25. The summed E-state index contributed by atoms with van der Waals surface area (Å²) < 4.78 is 5.34. The Morgan fingerprint density at radius 3 is 2.00 bits per heavy atom. The lowest BCUT2D eigenvalue weighted by atomic mass is 10.5.